The van der Waals surface area contributed by atoms with Crippen LogP contribution < -0.4 is 5.32 Å². The van der Waals surface area contributed by atoms with Crippen LogP contribution in [0.25, 0.3) is 0 Å². The summed E-state index contributed by atoms with van der Waals surface area (Å²) in [5, 5.41) is 11.6. The summed E-state index contributed by atoms with van der Waals surface area (Å²) in [6.45, 7) is 2.68. The molecular formula is C12H14BrN3OS. The number of amides is 1. The SMILES string of the molecule is Cc1[nH]ncc1CCCNC(=O)c1csc(Br)c1. The molecule has 0 saturated carbocycles. The quantitative estimate of drug-likeness (QED) is 0.829. The average molecular weight is 328 g/mol. The van der Waals surface area contributed by atoms with Crippen molar-refractivity contribution in [1.29, 1.82) is 0 Å². The standard InChI is InChI=1S/C12H14BrN3OS/c1-8-9(6-15-16-8)3-2-4-14-12(17)10-5-11(13)18-7-10/h5-7H,2-4H2,1H3,(H,14,17)(H,15,16). The van der Waals surface area contributed by atoms with Crippen LogP contribution in [0.2, 0.25) is 0 Å². The highest BCUT2D eigenvalue weighted by Crippen LogP contribution is 2.20. The number of nitrogens with zero attached hydrogens (tertiary/aromatic N) is 1. The Morgan fingerprint density at radius 2 is 2.44 bits per heavy atom. The number of aromatic amines is 1. The van der Waals surface area contributed by atoms with E-state index < -0.39 is 0 Å². The number of carbonyl (C=O) groups is 1. The Bertz CT molecular complexity index is 535. The first-order valence-electron chi connectivity index (χ1n) is 5.68. The van der Waals surface area contributed by atoms with Crippen molar-refractivity contribution in [3.8, 4) is 0 Å². The third-order valence-electron chi connectivity index (χ3n) is 2.67. The number of aryl methyl sites for hydroxylation is 2. The smallest absolute Gasteiger partial charge is 0.252 e. The molecular weight excluding hydrogens is 314 g/mol. The Balaban J connectivity index is 1.73. The fourth-order valence-electron chi connectivity index (χ4n) is 1.64. The zero-order chi connectivity index (χ0) is 13.0. The van der Waals surface area contributed by atoms with Gasteiger partial charge in [0.2, 0.25) is 0 Å². The number of thiophene rings is 1. The van der Waals surface area contributed by atoms with Crippen molar-refractivity contribution in [2.24, 2.45) is 0 Å². The maximum Gasteiger partial charge on any atom is 0.252 e. The van der Waals surface area contributed by atoms with E-state index in [1.54, 1.807) is 0 Å². The minimum Gasteiger partial charge on any atom is -0.352 e. The van der Waals surface area contributed by atoms with Crippen LogP contribution in [-0.4, -0.2) is 22.6 Å². The second kappa shape index (κ2) is 6.15. The van der Waals surface area contributed by atoms with Crippen LogP contribution in [0.4, 0.5) is 0 Å². The number of nitrogens with one attached hydrogen (secondary N) is 2. The lowest BCUT2D eigenvalue weighted by Gasteiger charge is -2.03. The summed E-state index contributed by atoms with van der Waals surface area (Å²) in [5.74, 6) is -0.0131. The number of hydrogen-bond donors (Lipinski definition) is 2. The van der Waals surface area contributed by atoms with Gasteiger partial charge in [-0.25, -0.2) is 0 Å². The second-order valence-electron chi connectivity index (χ2n) is 4.02. The van der Waals surface area contributed by atoms with Gasteiger partial charge in [0.1, 0.15) is 0 Å². The first-order valence-corrected chi connectivity index (χ1v) is 7.35. The number of halogens is 1. The van der Waals surface area contributed by atoms with Gasteiger partial charge in [-0.05, 0) is 47.3 Å². The molecule has 0 radical (unpaired) electrons. The third-order valence-corrected chi connectivity index (χ3v) is 4.18. The number of aromatic nitrogens is 2. The van der Waals surface area contributed by atoms with E-state index in [1.165, 1.54) is 16.9 Å². The lowest BCUT2D eigenvalue weighted by atomic mass is 10.1. The molecule has 0 atom stereocenters. The van der Waals surface area contributed by atoms with Crippen LogP contribution in [0, 0.1) is 6.92 Å². The van der Waals surface area contributed by atoms with Crippen LogP contribution in [-0.2, 0) is 6.42 Å². The van der Waals surface area contributed by atoms with Crippen LogP contribution in [0.15, 0.2) is 21.4 Å². The zero-order valence-electron chi connectivity index (χ0n) is 10.00. The number of hydrogen-bond acceptors (Lipinski definition) is 3. The maximum absolute atomic E-state index is 11.7. The summed E-state index contributed by atoms with van der Waals surface area (Å²) >= 11 is 4.86. The lowest BCUT2D eigenvalue weighted by molar-refractivity contribution is 0.0953. The molecule has 0 aliphatic heterocycles. The molecule has 0 bridgehead atoms. The van der Waals surface area contributed by atoms with Crippen molar-refractivity contribution in [2.45, 2.75) is 19.8 Å². The van der Waals surface area contributed by atoms with Crippen LogP contribution in [0.5, 0.6) is 0 Å². The summed E-state index contributed by atoms with van der Waals surface area (Å²) in [4.78, 5) is 11.7. The molecule has 96 valence electrons. The van der Waals surface area contributed by atoms with Gasteiger partial charge in [-0.3, -0.25) is 9.89 Å². The highest BCUT2D eigenvalue weighted by molar-refractivity contribution is 9.11. The van der Waals surface area contributed by atoms with Gasteiger partial charge in [-0.15, -0.1) is 11.3 Å². The normalized spacial score (nSPS) is 10.6. The van der Waals surface area contributed by atoms with Crippen molar-refractivity contribution in [3.63, 3.8) is 0 Å². The third kappa shape index (κ3) is 3.43. The van der Waals surface area contributed by atoms with Crippen molar-refractivity contribution in [2.75, 3.05) is 6.54 Å². The van der Waals surface area contributed by atoms with Gasteiger partial charge in [0.15, 0.2) is 0 Å². The molecule has 2 aromatic heterocycles. The van der Waals surface area contributed by atoms with Crippen molar-refractivity contribution in [3.05, 3.63) is 38.3 Å². The van der Waals surface area contributed by atoms with E-state index in [0.717, 1.165) is 22.3 Å². The van der Waals surface area contributed by atoms with E-state index in [9.17, 15) is 4.79 Å². The van der Waals surface area contributed by atoms with Gasteiger partial charge in [-0.1, -0.05) is 0 Å². The Hall–Kier alpha value is -1.14. The highest BCUT2D eigenvalue weighted by atomic mass is 79.9. The highest BCUT2D eigenvalue weighted by Gasteiger charge is 2.07. The summed E-state index contributed by atoms with van der Waals surface area (Å²) in [6, 6.07) is 1.83. The van der Waals surface area contributed by atoms with Gasteiger partial charge < -0.3 is 5.32 Å². The number of H-pyrrole nitrogens is 1. The minimum atomic E-state index is -0.0131. The minimum absolute atomic E-state index is 0.0131. The van der Waals surface area contributed by atoms with E-state index in [2.05, 4.69) is 31.4 Å². The molecule has 0 saturated heterocycles. The molecule has 6 heteroatoms. The Morgan fingerprint density at radius 1 is 1.61 bits per heavy atom. The fraction of sp³-hybridized carbons (Fsp3) is 0.333. The molecule has 0 aliphatic carbocycles. The Morgan fingerprint density at radius 3 is 3.06 bits per heavy atom. The summed E-state index contributed by atoms with van der Waals surface area (Å²) < 4.78 is 0.974. The predicted molar refractivity (Wildman–Crippen MR) is 76.0 cm³/mol. The molecule has 0 aromatic carbocycles. The van der Waals surface area contributed by atoms with Gasteiger partial charge in [0.25, 0.3) is 5.91 Å². The first kappa shape index (κ1) is 13.3. The lowest BCUT2D eigenvalue weighted by Crippen LogP contribution is -2.24. The van der Waals surface area contributed by atoms with Crippen LogP contribution in [0.1, 0.15) is 28.0 Å². The van der Waals surface area contributed by atoms with Crippen molar-refractivity contribution >= 4 is 33.2 Å². The first-order chi connectivity index (χ1) is 8.66. The predicted octanol–water partition coefficient (Wildman–Crippen LogP) is 2.90. The van der Waals surface area contributed by atoms with Gasteiger partial charge in [-0.2, -0.15) is 5.10 Å². The molecule has 0 spiro atoms. The topological polar surface area (TPSA) is 57.8 Å². The maximum atomic E-state index is 11.7. The van der Waals surface area contributed by atoms with Gasteiger partial charge in [0.05, 0.1) is 15.5 Å². The fourth-order valence-corrected chi connectivity index (χ4v) is 2.78. The summed E-state index contributed by atoms with van der Waals surface area (Å²) in [5.41, 5.74) is 3.02. The molecule has 0 aliphatic rings. The molecule has 2 aromatic rings. The Labute approximate surface area is 118 Å². The largest absolute Gasteiger partial charge is 0.352 e. The second-order valence-corrected chi connectivity index (χ2v) is 6.31. The van der Waals surface area contributed by atoms with Crippen molar-refractivity contribution in [1.82, 2.24) is 15.5 Å². The molecule has 2 N–H and O–H groups in total. The van der Waals surface area contributed by atoms with E-state index in [1.807, 2.05) is 24.6 Å². The Kier molecular flexibility index (Phi) is 4.54. The molecule has 4 nitrogen and oxygen atoms in total. The monoisotopic (exact) mass is 327 g/mol. The van der Waals surface area contributed by atoms with Gasteiger partial charge in [0, 0.05) is 17.6 Å². The van der Waals surface area contributed by atoms with Crippen molar-refractivity contribution < 1.29 is 4.79 Å². The summed E-state index contributed by atoms with van der Waals surface area (Å²) in [6.07, 6.45) is 3.68. The van der Waals surface area contributed by atoms with Crippen LogP contribution in [0.3, 0.4) is 0 Å². The number of carbonyl (C=O) groups excluding carboxylic acids is 1. The number of rotatable bonds is 5. The van der Waals surface area contributed by atoms with Gasteiger partial charge >= 0.3 is 0 Å². The molecule has 0 fully saturated rings. The molecule has 2 heterocycles. The van der Waals surface area contributed by atoms with E-state index in [0.29, 0.717) is 12.1 Å². The average Bonchev–Trinajstić information content (AvgIpc) is 2.94. The summed E-state index contributed by atoms with van der Waals surface area (Å²) in [7, 11) is 0. The molecule has 18 heavy (non-hydrogen) atoms. The van der Waals surface area contributed by atoms with E-state index >= 15 is 0 Å². The zero-order valence-corrected chi connectivity index (χ0v) is 12.4. The molecule has 0 unspecified atom stereocenters. The molecule has 2 rings (SSSR count). The van der Waals surface area contributed by atoms with E-state index in [4.69, 9.17) is 0 Å². The molecule has 1 amide bonds. The van der Waals surface area contributed by atoms with Crippen LogP contribution >= 0.6 is 27.3 Å². The van der Waals surface area contributed by atoms with E-state index in [-0.39, 0.29) is 5.91 Å².